The van der Waals surface area contributed by atoms with Crippen LogP contribution in [-0.4, -0.2) is 39.2 Å². The van der Waals surface area contributed by atoms with Crippen LogP contribution in [0.25, 0.3) is 17.0 Å². The van der Waals surface area contributed by atoms with Crippen molar-refractivity contribution in [2.75, 3.05) is 10.6 Å². The van der Waals surface area contributed by atoms with Crippen LogP contribution in [0.1, 0.15) is 11.1 Å². The monoisotopic (exact) mass is 630 g/mol. The van der Waals surface area contributed by atoms with Crippen LogP contribution in [0.15, 0.2) is 88.9 Å². The fourth-order valence-electron chi connectivity index (χ4n) is 3.60. The minimum absolute atomic E-state index is 0.0989. The predicted molar refractivity (Wildman–Crippen MR) is 157 cm³/mol. The Morgan fingerprint density at radius 3 is 2.44 bits per heavy atom. The highest BCUT2D eigenvalue weighted by Gasteiger charge is 2.38. The number of halogens is 5. The molecule has 0 radical (unpaired) electrons. The molecule has 0 atom stereocenters. The van der Waals surface area contributed by atoms with E-state index in [1.165, 1.54) is 23.9 Å². The van der Waals surface area contributed by atoms with Gasteiger partial charge in [-0.25, -0.2) is 9.18 Å². The Hall–Kier alpha value is -4.75. The first-order chi connectivity index (χ1) is 20.4. The number of carboxylic acids is 1. The van der Waals surface area contributed by atoms with E-state index in [2.05, 4.69) is 20.6 Å². The Bertz CT molecular complexity index is 1760. The summed E-state index contributed by atoms with van der Waals surface area (Å²) >= 11 is 7.54. The van der Waals surface area contributed by atoms with Gasteiger partial charge in [-0.1, -0.05) is 35.9 Å². The first-order valence-electron chi connectivity index (χ1n) is 12.2. The molecule has 3 aromatic carbocycles. The molecule has 43 heavy (non-hydrogen) atoms. The lowest BCUT2D eigenvalue weighted by Crippen LogP contribution is -2.21. The van der Waals surface area contributed by atoms with Crippen LogP contribution < -0.4 is 10.6 Å². The predicted octanol–water partition coefficient (Wildman–Crippen LogP) is 6.92. The number of amides is 2. The van der Waals surface area contributed by atoms with E-state index >= 15 is 0 Å². The van der Waals surface area contributed by atoms with Crippen molar-refractivity contribution in [3.05, 3.63) is 106 Å². The first kappa shape index (κ1) is 31.2. The van der Waals surface area contributed by atoms with Crippen molar-refractivity contribution in [2.45, 2.75) is 12.6 Å². The lowest BCUT2D eigenvalue weighted by molar-refractivity contribution is -0.192. The van der Waals surface area contributed by atoms with Gasteiger partial charge in [0.05, 0.1) is 27.6 Å². The average Bonchev–Trinajstić information content (AvgIpc) is 3.29. The van der Waals surface area contributed by atoms with Crippen molar-refractivity contribution in [3.8, 4) is 0 Å². The standard InChI is InChI=1S/C27H18ClFN4O2S.C2HF3O2/c28-21-9-8-20(31-25(34)14-16-3-6-19(29)7-4-16)15-23(21)32-27-33-26(35)24(36-27)13-17-5-10-22-18(12-17)2-1-11-30-22;3-2(4,5)1(6)7/h1-13,15H,14H2,(H,31,34)(H,32,33,35);(H,6,7)/b24-13-;. The van der Waals surface area contributed by atoms with Gasteiger partial charge in [-0.3, -0.25) is 14.6 Å². The molecule has 1 aliphatic heterocycles. The molecule has 1 aromatic heterocycles. The van der Waals surface area contributed by atoms with Gasteiger partial charge in [0.2, 0.25) is 5.91 Å². The summed E-state index contributed by atoms with van der Waals surface area (Å²) in [7, 11) is 0. The Labute approximate surface area is 250 Å². The molecule has 2 heterocycles. The van der Waals surface area contributed by atoms with Crippen molar-refractivity contribution in [1.29, 1.82) is 0 Å². The maximum Gasteiger partial charge on any atom is 0.490 e. The number of pyridine rings is 1. The number of amidine groups is 1. The number of anilines is 2. The number of carbonyl (C=O) groups excluding carboxylic acids is 2. The van der Waals surface area contributed by atoms with Gasteiger partial charge in [0.15, 0.2) is 5.17 Å². The number of aromatic nitrogens is 1. The largest absolute Gasteiger partial charge is 0.490 e. The highest BCUT2D eigenvalue weighted by molar-refractivity contribution is 8.18. The number of nitrogens with zero attached hydrogens (tertiary/aromatic N) is 2. The second-order valence-electron chi connectivity index (χ2n) is 8.76. The lowest BCUT2D eigenvalue weighted by atomic mass is 10.1. The van der Waals surface area contributed by atoms with E-state index in [1.54, 1.807) is 42.6 Å². The summed E-state index contributed by atoms with van der Waals surface area (Å²) < 4.78 is 44.8. The molecule has 1 aliphatic rings. The van der Waals surface area contributed by atoms with Crippen LogP contribution in [0.4, 0.5) is 28.9 Å². The normalized spacial score (nSPS) is 13.7. The van der Waals surface area contributed by atoms with Crippen molar-refractivity contribution in [3.63, 3.8) is 0 Å². The van der Waals surface area contributed by atoms with Gasteiger partial charge < -0.3 is 15.7 Å². The third-order valence-electron chi connectivity index (χ3n) is 5.56. The number of hydrogen-bond donors (Lipinski definition) is 3. The highest BCUT2D eigenvalue weighted by atomic mass is 35.5. The summed E-state index contributed by atoms with van der Waals surface area (Å²) in [4.78, 5) is 42.7. The number of aliphatic carboxylic acids is 1. The van der Waals surface area contributed by atoms with Crippen LogP contribution in [0, 0.1) is 5.82 Å². The Morgan fingerprint density at radius 1 is 1.02 bits per heavy atom. The molecule has 0 bridgehead atoms. The second kappa shape index (κ2) is 13.5. The van der Waals surface area contributed by atoms with E-state index in [9.17, 15) is 27.2 Å². The number of thioether (sulfide) groups is 1. The molecule has 5 rings (SSSR count). The number of alkyl halides is 3. The number of carbonyl (C=O) groups is 3. The Morgan fingerprint density at radius 2 is 1.74 bits per heavy atom. The van der Waals surface area contributed by atoms with Gasteiger partial charge in [-0.15, -0.1) is 0 Å². The Kier molecular flexibility index (Phi) is 9.78. The van der Waals surface area contributed by atoms with E-state index in [-0.39, 0.29) is 24.1 Å². The zero-order chi connectivity index (χ0) is 31.1. The van der Waals surface area contributed by atoms with Gasteiger partial charge >= 0.3 is 12.1 Å². The summed E-state index contributed by atoms with van der Waals surface area (Å²) in [6.45, 7) is 0. The Balaban J connectivity index is 0.000000541. The molecule has 0 unspecified atom stereocenters. The molecule has 220 valence electrons. The molecule has 0 spiro atoms. The molecule has 2 amide bonds. The minimum Gasteiger partial charge on any atom is -0.475 e. The lowest BCUT2D eigenvalue weighted by Gasteiger charge is -2.11. The zero-order valence-corrected chi connectivity index (χ0v) is 23.2. The van der Waals surface area contributed by atoms with E-state index in [1.807, 2.05) is 30.3 Å². The van der Waals surface area contributed by atoms with Gasteiger partial charge in [0.1, 0.15) is 5.82 Å². The number of aliphatic imine (C=N–C) groups is 1. The van der Waals surface area contributed by atoms with Crippen molar-refractivity contribution in [1.82, 2.24) is 4.98 Å². The van der Waals surface area contributed by atoms with Crippen LogP contribution in [0.5, 0.6) is 0 Å². The van der Waals surface area contributed by atoms with Crippen LogP contribution in [-0.2, 0) is 20.8 Å². The summed E-state index contributed by atoms with van der Waals surface area (Å²) in [6, 6.07) is 20.3. The SMILES string of the molecule is O=C(Cc1ccc(F)cc1)Nc1ccc(Cl)c(NC2=NC(=O)/C(=C/c3ccc4ncccc4c3)S2)c1.O=C(O)C(F)(F)F. The summed E-state index contributed by atoms with van der Waals surface area (Å²) in [6.07, 6.45) is -1.47. The van der Waals surface area contributed by atoms with Gasteiger partial charge in [0, 0.05) is 17.3 Å². The number of nitrogens with one attached hydrogen (secondary N) is 2. The fourth-order valence-corrected chi connectivity index (χ4v) is 4.60. The number of fused-ring (bicyclic) bond motifs is 1. The minimum atomic E-state index is -5.08. The van der Waals surface area contributed by atoms with Crippen LogP contribution in [0.2, 0.25) is 5.02 Å². The molecule has 0 saturated heterocycles. The van der Waals surface area contributed by atoms with Crippen LogP contribution >= 0.6 is 23.4 Å². The molecule has 4 aromatic rings. The molecule has 0 saturated carbocycles. The zero-order valence-electron chi connectivity index (χ0n) is 21.7. The molecular weight excluding hydrogens is 612 g/mol. The maximum atomic E-state index is 13.1. The molecule has 3 N–H and O–H groups in total. The summed E-state index contributed by atoms with van der Waals surface area (Å²) in [5.41, 5.74) is 3.45. The van der Waals surface area contributed by atoms with E-state index in [0.29, 0.717) is 32.0 Å². The molecule has 8 nitrogen and oxygen atoms in total. The van der Waals surface area contributed by atoms with Crippen molar-refractivity contribution in [2.24, 2.45) is 4.99 Å². The third kappa shape index (κ3) is 8.87. The smallest absolute Gasteiger partial charge is 0.475 e. The van der Waals surface area contributed by atoms with E-state index < -0.39 is 12.1 Å². The van der Waals surface area contributed by atoms with Gasteiger partial charge in [0.25, 0.3) is 5.91 Å². The molecule has 0 fully saturated rings. The first-order valence-corrected chi connectivity index (χ1v) is 13.3. The van der Waals surface area contributed by atoms with Crippen molar-refractivity contribution < 1.29 is 37.1 Å². The number of hydrogen-bond acceptors (Lipinski definition) is 6. The molecule has 0 aliphatic carbocycles. The third-order valence-corrected chi connectivity index (χ3v) is 6.79. The average molecular weight is 631 g/mol. The van der Waals surface area contributed by atoms with E-state index in [4.69, 9.17) is 21.5 Å². The maximum absolute atomic E-state index is 13.1. The summed E-state index contributed by atoms with van der Waals surface area (Å²) in [5.74, 6) is -3.72. The van der Waals surface area contributed by atoms with Gasteiger partial charge in [-0.05, 0) is 77.5 Å². The quantitative estimate of drug-likeness (QED) is 0.162. The molecule has 14 heteroatoms. The summed E-state index contributed by atoms with van der Waals surface area (Å²) in [5, 5.41) is 14.8. The van der Waals surface area contributed by atoms with Crippen molar-refractivity contribution >= 4 is 74.7 Å². The van der Waals surface area contributed by atoms with Gasteiger partial charge in [-0.2, -0.15) is 18.2 Å². The second-order valence-corrected chi connectivity index (χ2v) is 10.2. The number of carboxylic acid groups (broad SMARTS) is 1. The van der Waals surface area contributed by atoms with Crippen LogP contribution in [0.3, 0.4) is 0 Å². The number of rotatable bonds is 5. The van der Waals surface area contributed by atoms with E-state index in [0.717, 1.165) is 16.5 Å². The number of benzene rings is 3. The molecular formula is C29H19ClF4N4O4S. The highest BCUT2D eigenvalue weighted by Crippen LogP contribution is 2.33. The topological polar surface area (TPSA) is 121 Å². The fraction of sp³-hybridized carbons (Fsp3) is 0.0690.